The molecule has 0 saturated carbocycles. The van der Waals surface area contributed by atoms with Crippen molar-refractivity contribution < 1.29 is 28.9 Å². The van der Waals surface area contributed by atoms with Gasteiger partial charge < -0.3 is 19.3 Å². The molecule has 0 aliphatic rings. The highest BCUT2D eigenvalue weighted by Gasteiger charge is 2.18. The molecule has 0 radical (unpaired) electrons. The van der Waals surface area contributed by atoms with Gasteiger partial charge in [0.2, 0.25) is 5.75 Å². The molecule has 1 rings (SSSR count). The fourth-order valence-corrected chi connectivity index (χ4v) is 2.42. The first kappa shape index (κ1) is 19.8. The second-order valence-corrected chi connectivity index (χ2v) is 5.66. The van der Waals surface area contributed by atoms with Crippen molar-refractivity contribution in [2.75, 3.05) is 33.3 Å². The third kappa shape index (κ3) is 5.16. The Kier molecular flexibility index (Phi) is 8.11. The average Bonchev–Trinajstić information content (AvgIpc) is 2.59. The first-order valence-electron chi connectivity index (χ1n) is 7.12. The van der Waals surface area contributed by atoms with E-state index < -0.39 is 11.9 Å². The predicted molar refractivity (Wildman–Crippen MR) is 93.1 cm³/mol. The van der Waals surface area contributed by atoms with Gasteiger partial charge in [0.15, 0.2) is 11.5 Å². The van der Waals surface area contributed by atoms with Crippen molar-refractivity contribution in [3.63, 3.8) is 0 Å². The van der Waals surface area contributed by atoms with Crippen LogP contribution in [0, 0.1) is 0 Å². The minimum absolute atomic E-state index is 0.160. The maximum atomic E-state index is 12.3. The topological polar surface area (TPSA) is 94.4 Å². The Morgan fingerprint density at radius 3 is 2.12 bits per heavy atom. The van der Waals surface area contributed by atoms with E-state index >= 15 is 0 Å². The van der Waals surface area contributed by atoms with Gasteiger partial charge in [-0.2, -0.15) is 11.8 Å². The van der Waals surface area contributed by atoms with Gasteiger partial charge in [-0.05, 0) is 37.0 Å². The van der Waals surface area contributed by atoms with Crippen molar-refractivity contribution in [3.05, 3.63) is 17.7 Å². The molecule has 132 valence electrons. The van der Waals surface area contributed by atoms with Crippen LogP contribution in [0.4, 0.5) is 0 Å². The second-order valence-electron chi connectivity index (χ2n) is 4.68. The molecule has 0 fully saturated rings. The Bertz CT molecular complexity index is 604. The number of carbonyl (C=O) groups excluding carboxylic acids is 1. The molecule has 7 nitrogen and oxygen atoms in total. The Labute approximate surface area is 145 Å². The number of carbonyl (C=O) groups is 2. The summed E-state index contributed by atoms with van der Waals surface area (Å²) in [4.78, 5) is 27.3. The Morgan fingerprint density at radius 1 is 1.12 bits per heavy atom. The molecule has 0 spiro atoms. The van der Waals surface area contributed by atoms with Gasteiger partial charge in [0.05, 0.1) is 21.3 Å². The van der Waals surface area contributed by atoms with Crippen LogP contribution in [0.5, 0.6) is 17.2 Å². The van der Waals surface area contributed by atoms with E-state index in [0.29, 0.717) is 23.7 Å². The number of carboxylic acid groups (broad SMARTS) is 1. The van der Waals surface area contributed by atoms with Crippen LogP contribution >= 0.6 is 11.8 Å². The lowest BCUT2D eigenvalue weighted by Crippen LogP contribution is -2.16. The van der Waals surface area contributed by atoms with Crippen LogP contribution in [0.3, 0.4) is 0 Å². The van der Waals surface area contributed by atoms with Crippen LogP contribution in [0.15, 0.2) is 17.1 Å². The van der Waals surface area contributed by atoms with E-state index in [1.807, 2.05) is 6.26 Å². The first-order chi connectivity index (χ1) is 11.5. The Morgan fingerprint density at radius 2 is 1.71 bits per heavy atom. The molecular weight excluding hydrogens is 334 g/mol. The smallest absolute Gasteiger partial charge is 0.350 e. The van der Waals surface area contributed by atoms with E-state index in [1.165, 1.54) is 33.5 Å². The molecule has 1 N–H and O–H groups in total. The number of rotatable bonds is 9. The first-order valence-corrected chi connectivity index (χ1v) is 8.52. The number of methoxy groups -OCH3 is 3. The maximum absolute atomic E-state index is 12.3. The third-order valence-corrected chi connectivity index (χ3v) is 3.85. The molecule has 1 aromatic rings. The molecule has 0 saturated heterocycles. The summed E-state index contributed by atoms with van der Waals surface area (Å²) in [5, 5.41) is 9.19. The number of hydrogen-bond donors (Lipinski definition) is 1. The fourth-order valence-electron chi connectivity index (χ4n) is 1.99. The largest absolute Gasteiger partial charge is 0.493 e. The summed E-state index contributed by atoms with van der Waals surface area (Å²) in [5.74, 6) is -0.124. The molecule has 0 bridgehead atoms. The third-order valence-electron chi connectivity index (χ3n) is 3.16. The van der Waals surface area contributed by atoms with Crippen LogP contribution in [-0.4, -0.2) is 56.0 Å². The molecule has 0 atom stereocenters. The average molecular weight is 355 g/mol. The Hall–Kier alpha value is -2.22. The monoisotopic (exact) mass is 355 g/mol. The molecule has 8 heteroatoms. The normalized spacial score (nSPS) is 11.1. The number of nitrogens with zero attached hydrogens (tertiary/aromatic N) is 1. The molecule has 0 aliphatic carbocycles. The maximum Gasteiger partial charge on any atom is 0.350 e. The minimum Gasteiger partial charge on any atom is -0.493 e. The summed E-state index contributed by atoms with van der Waals surface area (Å²) in [6.07, 6.45) is 2.79. The van der Waals surface area contributed by atoms with Crippen molar-refractivity contribution in [1.29, 1.82) is 0 Å². The lowest BCUT2D eigenvalue weighted by molar-refractivity contribution is -0.129. The van der Waals surface area contributed by atoms with Crippen LogP contribution in [0.1, 0.15) is 23.2 Å². The summed E-state index contributed by atoms with van der Waals surface area (Å²) in [6.45, 7) is 0. The molecule has 0 heterocycles. The summed E-state index contributed by atoms with van der Waals surface area (Å²) in [7, 11) is 4.31. The quantitative estimate of drug-likeness (QED) is 0.537. The molecule has 0 aromatic heterocycles. The number of aliphatic carboxylic acids is 1. The van der Waals surface area contributed by atoms with E-state index in [9.17, 15) is 14.7 Å². The highest BCUT2D eigenvalue weighted by molar-refractivity contribution is 7.98. The number of aliphatic imine (C=N–C) groups is 1. The van der Waals surface area contributed by atoms with Gasteiger partial charge >= 0.3 is 5.97 Å². The van der Waals surface area contributed by atoms with E-state index in [-0.39, 0.29) is 17.7 Å². The van der Waals surface area contributed by atoms with Gasteiger partial charge in [0.25, 0.3) is 5.91 Å². The van der Waals surface area contributed by atoms with Crippen molar-refractivity contribution in [2.45, 2.75) is 12.8 Å². The molecule has 24 heavy (non-hydrogen) atoms. The summed E-state index contributed by atoms with van der Waals surface area (Å²) in [5.41, 5.74) is -0.00378. The zero-order valence-electron chi connectivity index (χ0n) is 14.1. The van der Waals surface area contributed by atoms with E-state index in [4.69, 9.17) is 14.2 Å². The molecular formula is C16H21NO6S. The summed E-state index contributed by atoms with van der Waals surface area (Å²) >= 11 is 1.60. The minimum atomic E-state index is -1.20. The fraction of sp³-hybridized carbons (Fsp3) is 0.438. The summed E-state index contributed by atoms with van der Waals surface area (Å²) < 4.78 is 15.5. The standard InChI is InChI=1S/C16H21NO6S/c1-21-12-8-10(9-13(22-2)14(12)23-3)15(18)17-11(16(19)20)6-5-7-24-4/h8-9H,5-7H2,1-4H3,(H,19,20). The van der Waals surface area contributed by atoms with Crippen LogP contribution in [-0.2, 0) is 4.79 Å². The van der Waals surface area contributed by atoms with Crippen molar-refractivity contribution in [3.8, 4) is 17.2 Å². The highest BCUT2D eigenvalue weighted by Crippen LogP contribution is 2.38. The number of carboxylic acids is 1. The Balaban J connectivity index is 3.16. The number of hydrogen-bond acceptors (Lipinski definition) is 6. The molecule has 1 amide bonds. The lowest BCUT2D eigenvalue weighted by Gasteiger charge is -2.13. The van der Waals surface area contributed by atoms with Gasteiger partial charge in [-0.15, -0.1) is 0 Å². The lowest BCUT2D eigenvalue weighted by atomic mass is 10.1. The van der Waals surface area contributed by atoms with Crippen molar-refractivity contribution in [1.82, 2.24) is 0 Å². The van der Waals surface area contributed by atoms with Crippen LogP contribution in [0.25, 0.3) is 0 Å². The van der Waals surface area contributed by atoms with Gasteiger partial charge in [-0.1, -0.05) is 0 Å². The van der Waals surface area contributed by atoms with Crippen molar-refractivity contribution in [2.24, 2.45) is 4.99 Å². The zero-order valence-corrected chi connectivity index (χ0v) is 14.9. The highest BCUT2D eigenvalue weighted by atomic mass is 32.2. The van der Waals surface area contributed by atoms with Crippen molar-refractivity contribution >= 4 is 29.4 Å². The van der Waals surface area contributed by atoms with Crippen LogP contribution in [0.2, 0.25) is 0 Å². The van der Waals surface area contributed by atoms with Gasteiger partial charge in [0.1, 0.15) is 5.71 Å². The SMILES string of the molecule is COc1cc(C(=O)N=C(CCCSC)C(=O)O)cc(OC)c1OC. The number of ether oxygens (including phenoxy) is 3. The molecule has 1 aromatic carbocycles. The van der Waals surface area contributed by atoms with Gasteiger partial charge in [-0.3, -0.25) is 4.79 Å². The number of thioether (sulfide) groups is 1. The van der Waals surface area contributed by atoms with Gasteiger partial charge in [-0.25, -0.2) is 9.79 Å². The molecule has 0 aliphatic heterocycles. The van der Waals surface area contributed by atoms with Gasteiger partial charge in [0, 0.05) is 5.56 Å². The number of amides is 1. The van der Waals surface area contributed by atoms with E-state index in [2.05, 4.69) is 4.99 Å². The zero-order chi connectivity index (χ0) is 18.1. The second kappa shape index (κ2) is 9.82. The van der Waals surface area contributed by atoms with Crippen LogP contribution < -0.4 is 14.2 Å². The summed E-state index contributed by atoms with van der Waals surface area (Å²) in [6, 6.07) is 2.88. The van der Waals surface area contributed by atoms with E-state index in [1.54, 1.807) is 11.8 Å². The molecule has 0 unspecified atom stereocenters. The number of benzene rings is 1. The van der Waals surface area contributed by atoms with E-state index in [0.717, 1.165) is 5.75 Å². The predicted octanol–water partition coefficient (Wildman–Crippen LogP) is 2.52.